The highest BCUT2D eigenvalue weighted by Crippen LogP contribution is 2.29. The summed E-state index contributed by atoms with van der Waals surface area (Å²) in [5.74, 6) is -0.531. The first-order valence-electron chi connectivity index (χ1n) is 7.77. The van der Waals surface area contributed by atoms with E-state index in [0.29, 0.717) is 16.3 Å². The number of benzene rings is 1. The quantitative estimate of drug-likeness (QED) is 0.515. The lowest BCUT2D eigenvalue weighted by molar-refractivity contribution is -0.112. The van der Waals surface area contributed by atoms with Crippen molar-refractivity contribution < 1.29 is 4.79 Å². The fourth-order valence-corrected chi connectivity index (χ4v) is 3.60. The number of amides is 1. The molecule has 4 aromatic rings. The summed E-state index contributed by atoms with van der Waals surface area (Å²) in [4.78, 5) is 23.9. The fraction of sp³-hybridized carbons (Fsp3) is 0. The number of aromatic nitrogens is 3. The van der Waals surface area contributed by atoms with E-state index >= 15 is 0 Å². The van der Waals surface area contributed by atoms with Crippen molar-refractivity contribution in [3.05, 3.63) is 70.5 Å². The Morgan fingerprint density at radius 3 is 2.81 bits per heavy atom. The summed E-state index contributed by atoms with van der Waals surface area (Å²) in [6.07, 6.45) is 5.25. The van der Waals surface area contributed by atoms with E-state index in [1.807, 2.05) is 41.8 Å². The number of nitrogens with two attached hydrogens (primary N) is 1. The van der Waals surface area contributed by atoms with Gasteiger partial charge in [0.2, 0.25) is 0 Å². The molecule has 0 spiro atoms. The molecule has 1 amide bonds. The number of fused-ring (bicyclic) bond motifs is 1. The van der Waals surface area contributed by atoms with Crippen LogP contribution in [0.15, 0.2) is 54.2 Å². The van der Waals surface area contributed by atoms with Gasteiger partial charge in [-0.3, -0.25) is 4.79 Å². The SMILES string of the molecule is NC(=O)/C(=C\c1c[nH]c2ncccc12)c1csc(-c2ccc(Cl)cc2)n1. The first-order valence-corrected chi connectivity index (χ1v) is 9.03. The van der Waals surface area contributed by atoms with Crippen LogP contribution >= 0.6 is 22.9 Å². The molecule has 0 aliphatic carbocycles. The van der Waals surface area contributed by atoms with Crippen LogP contribution in [0.3, 0.4) is 0 Å². The van der Waals surface area contributed by atoms with Gasteiger partial charge in [0.1, 0.15) is 10.7 Å². The second kappa shape index (κ2) is 6.74. The van der Waals surface area contributed by atoms with Crippen LogP contribution in [0.4, 0.5) is 0 Å². The van der Waals surface area contributed by atoms with Gasteiger partial charge < -0.3 is 10.7 Å². The average Bonchev–Trinajstić information content (AvgIpc) is 3.27. The minimum absolute atomic E-state index is 0.353. The number of nitrogens with one attached hydrogen (secondary N) is 1. The Morgan fingerprint density at radius 1 is 1.23 bits per heavy atom. The molecule has 3 aromatic heterocycles. The van der Waals surface area contributed by atoms with Gasteiger partial charge in [0, 0.05) is 39.3 Å². The molecular weight excluding hydrogens is 368 g/mol. The van der Waals surface area contributed by atoms with Crippen molar-refractivity contribution in [1.82, 2.24) is 15.0 Å². The number of rotatable bonds is 4. The van der Waals surface area contributed by atoms with Gasteiger partial charge in [-0.25, -0.2) is 9.97 Å². The minimum atomic E-state index is -0.531. The van der Waals surface area contributed by atoms with E-state index in [2.05, 4.69) is 15.0 Å². The Labute approximate surface area is 158 Å². The number of hydrogen-bond donors (Lipinski definition) is 2. The Morgan fingerprint density at radius 2 is 2.04 bits per heavy atom. The summed E-state index contributed by atoms with van der Waals surface area (Å²) < 4.78 is 0. The maximum atomic E-state index is 12.0. The number of nitrogens with zero attached hydrogens (tertiary/aromatic N) is 2. The molecular formula is C19H13ClN4OS. The number of H-pyrrole nitrogens is 1. The molecule has 3 heterocycles. The number of hydrogen-bond acceptors (Lipinski definition) is 4. The predicted octanol–water partition coefficient (Wildman–Crippen LogP) is 4.37. The third kappa shape index (κ3) is 3.12. The first kappa shape index (κ1) is 16.5. The van der Waals surface area contributed by atoms with E-state index in [4.69, 9.17) is 17.3 Å². The number of halogens is 1. The van der Waals surface area contributed by atoms with E-state index < -0.39 is 5.91 Å². The summed E-state index contributed by atoms with van der Waals surface area (Å²) in [5.41, 5.74) is 9.04. The van der Waals surface area contributed by atoms with Crippen molar-refractivity contribution in [1.29, 1.82) is 0 Å². The topological polar surface area (TPSA) is 84.7 Å². The van der Waals surface area contributed by atoms with Crippen LogP contribution in [-0.2, 0) is 4.79 Å². The molecule has 0 unspecified atom stereocenters. The van der Waals surface area contributed by atoms with Crippen molar-refractivity contribution in [3.63, 3.8) is 0 Å². The molecule has 1 aromatic carbocycles. The highest BCUT2D eigenvalue weighted by molar-refractivity contribution is 7.13. The number of carbonyl (C=O) groups is 1. The van der Waals surface area contributed by atoms with Gasteiger partial charge in [0.15, 0.2) is 0 Å². The van der Waals surface area contributed by atoms with Gasteiger partial charge in [-0.2, -0.15) is 0 Å². The molecule has 0 bridgehead atoms. The zero-order chi connectivity index (χ0) is 18.1. The molecule has 0 aliphatic heterocycles. The van der Waals surface area contributed by atoms with Crippen LogP contribution in [0, 0.1) is 0 Å². The summed E-state index contributed by atoms with van der Waals surface area (Å²) in [6.45, 7) is 0. The van der Waals surface area contributed by atoms with E-state index in [1.165, 1.54) is 11.3 Å². The Balaban J connectivity index is 1.76. The number of thiazole rings is 1. The maximum absolute atomic E-state index is 12.0. The van der Waals surface area contributed by atoms with Gasteiger partial charge in [-0.15, -0.1) is 11.3 Å². The summed E-state index contributed by atoms with van der Waals surface area (Å²) in [5, 5.41) is 4.20. The normalized spacial score (nSPS) is 11.8. The molecule has 128 valence electrons. The van der Waals surface area contributed by atoms with E-state index in [1.54, 1.807) is 18.5 Å². The van der Waals surface area contributed by atoms with Crippen molar-refractivity contribution in [2.45, 2.75) is 0 Å². The highest BCUT2D eigenvalue weighted by Gasteiger charge is 2.15. The van der Waals surface area contributed by atoms with Crippen molar-refractivity contribution in [3.8, 4) is 10.6 Å². The lowest BCUT2D eigenvalue weighted by Crippen LogP contribution is -2.13. The van der Waals surface area contributed by atoms with Gasteiger partial charge in [-0.1, -0.05) is 23.7 Å². The Hall–Kier alpha value is -2.96. The number of aromatic amines is 1. The minimum Gasteiger partial charge on any atom is -0.366 e. The average molecular weight is 381 g/mol. The number of carbonyl (C=O) groups excluding carboxylic acids is 1. The van der Waals surface area contributed by atoms with Crippen LogP contribution in [-0.4, -0.2) is 20.9 Å². The zero-order valence-electron chi connectivity index (χ0n) is 13.4. The summed E-state index contributed by atoms with van der Waals surface area (Å²) >= 11 is 7.38. The second-order valence-electron chi connectivity index (χ2n) is 5.61. The first-order chi connectivity index (χ1) is 12.6. The number of pyridine rings is 1. The number of primary amides is 1. The van der Waals surface area contributed by atoms with Gasteiger partial charge in [0.25, 0.3) is 5.91 Å². The van der Waals surface area contributed by atoms with Crippen molar-refractivity contribution in [2.75, 3.05) is 0 Å². The van der Waals surface area contributed by atoms with E-state index in [-0.39, 0.29) is 0 Å². The molecule has 0 fully saturated rings. The van der Waals surface area contributed by atoms with Crippen LogP contribution in [0.5, 0.6) is 0 Å². The van der Waals surface area contributed by atoms with E-state index in [0.717, 1.165) is 27.2 Å². The predicted molar refractivity (Wildman–Crippen MR) is 106 cm³/mol. The molecule has 0 radical (unpaired) electrons. The molecule has 5 nitrogen and oxygen atoms in total. The van der Waals surface area contributed by atoms with Gasteiger partial charge >= 0.3 is 0 Å². The summed E-state index contributed by atoms with van der Waals surface area (Å²) in [7, 11) is 0. The highest BCUT2D eigenvalue weighted by atomic mass is 35.5. The maximum Gasteiger partial charge on any atom is 0.250 e. The monoisotopic (exact) mass is 380 g/mol. The summed E-state index contributed by atoms with van der Waals surface area (Å²) in [6, 6.07) is 11.2. The Kier molecular flexibility index (Phi) is 4.28. The molecule has 0 aliphatic rings. The molecule has 0 atom stereocenters. The van der Waals surface area contributed by atoms with Crippen LogP contribution in [0.25, 0.3) is 33.3 Å². The van der Waals surface area contributed by atoms with Crippen LogP contribution in [0.1, 0.15) is 11.3 Å². The smallest absolute Gasteiger partial charge is 0.250 e. The standard InChI is InChI=1S/C19H13ClN4OS/c20-13-5-3-11(4-6-13)19-24-16(10-26-19)15(17(21)25)8-12-9-23-18-14(12)2-1-7-22-18/h1-10H,(H2,21,25)(H,22,23)/b15-8-. The van der Waals surface area contributed by atoms with Crippen molar-refractivity contribution >= 4 is 51.5 Å². The molecule has 0 saturated carbocycles. The third-order valence-electron chi connectivity index (χ3n) is 3.92. The lowest BCUT2D eigenvalue weighted by Gasteiger charge is -2.00. The van der Waals surface area contributed by atoms with Crippen molar-refractivity contribution in [2.24, 2.45) is 5.73 Å². The molecule has 4 rings (SSSR count). The van der Waals surface area contributed by atoms with Crippen LogP contribution < -0.4 is 5.73 Å². The molecule has 0 saturated heterocycles. The van der Waals surface area contributed by atoms with E-state index in [9.17, 15) is 4.79 Å². The molecule has 7 heteroatoms. The van der Waals surface area contributed by atoms with Gasteiger partial charge in [-0.05, 0) is 30.3 Å². The lowest BCUT2D eigenvalue weighted by atomic mass is 10.1. The third-order valence-corrected chi connectivity index (χ3v) is 5.06. The second-order valence-corrected chi connectivity index (χ2v) is 6.91. The van der Waals surface area contributed by atoms with Gasteiger partial charge in [0.05, 0.1) is 11.3 Å². The fourth-order valence-electron chi connectivity index (χ4n) is 2.65. The van der Waals surface area contributed by atoms with Crippen LogP contribution in [0.2, 0.25) is 5.02 Å². The Bertz CT molecular complexity index is 1130. The largest absolute Gasteiger partial charge is 0.366 e. The molecule has 3 N–H and O–H groups in total. The zero-order valence-corrected chi connectivity index (χ0v) is 15.0. The molecule has 26 heavy (non-hydrogen) atoms.